The Balaban J connectivity index is 1.35. The topological polar surface area (TPSA) is 58.9 Å². The second kappa shape index (κ2) is 10.7. The van der Waals surface area contributed by atoms with E-state index in [-0.39, 0.29) is 24.5 Å². The first-order valence-electron chi connectivity index (χ1n) is 14.8. The Morgan fingerprint density at radius 1 is 1.00 bits per heavy atom. The zero-order valence-electron chi connectivity index (χ0n) is 23.8. The molecule has 2 fully saturated rings. The molecule has 0 aromatic heterocycles. The number of allylic oxidation sites excluding steroid dienone is 4. The van der Waals surface area contributed by atoms with Crippen LogP contribution >= 0.6 is 0 Å². The van der Waals surface area contributed by atoms with Crippen LogP contribution in [0.5, 0.6) is 0 Å². The summed E-state index contributed by atoms with van der Waals surface area (Å²) in [6, 6.07) is 16.9. The fourth-order valence-corrected chi connectivity index (χ4v) is 8.31. The highest BCUT2D eigenvalue weighted by molar-refractivity contribution is 5.93. The Hall–Kier alpha value is -3.33. The SMILES string of the molecule is C[C@]12CC(c3ccc(C=NOCc4ccccc4)cc3)C3=C4CCC(=O)C=C4CC[C@H]3[C@@H]1CC[C@@]2(O)C(F)(F)C(F)(F)F. The normalized spacial score (nSPS) is 31.0. The van der Waals surface area contributed by atoms with Gasteiger partial charge in [-0.15, -0.1) is 0 Å². The molecule has 0 radical (unpaired) electrons. The van der Waals surface area contributed by atoms with E-state index in [1.54, 1.807) is 12.3 Å². The van der Waals surface area contributed by atoms with Crippen LogP contribution in [0.25, 0.3) is 0 Å². The van der Waals surface area contributed by atoms with Gasteiger partial charge in [0.2, 0.25) is 0 Å². The van der Waals surface area contributed by atoms with Gasteiger partial charge in [0.1, 0.15) is 12.2 Å². The van der Waals surface area contributed by atoms with E-state index in [0.717, 1.165) is 33.4 Å². The van der Waals surface area contributed by atoms with Crippen molar-refractivity contribution in [3.05, 3.63) is 94.1 Å². The Morgan fingerprint density at radius 3 is 2.42 bits per heavy atom. The van der Waals surface area contributed by atoms with E-state index in [1.165, 1.54) is 6.92 Å². The number of aliphatic hydroxyl groups is 1. The summed E-state index contributed by atoms with van der Waals surface area (Å²) in [6.07, 6.45) is -1.23. The Kier molecular flexibility index (Phi) is 7.39. The lowest BCUT2D eigenvalue weighted by atomic mass is 9.50. The summed E-state index contributed by atoms with van der Waals surface area (Å²) >= 11 is 0. The molecular formula is C34H34F5NO3. The van der Waals surface area contributed by atoms with Gasteiger partial charge >= 0.3 is 12.1 Å². The van der Waals surface area contributed by atoms with Crippen LogP contribution in [0.1, 0.15) is 74.5 Å². The quantitative estimate of drug-likeness (QED) is 0.208. The van der Waals surface area contributed by atoms with Crippen LogP contribution in [0.4, 0.5) is 22.0 Å². The highest BCUT2D eigenvalue weighted by Gasteiger charge is 2.79. The van der Waals surface area contributed by atoms with Gasteiger partial charge in [0, 0.05) is 17.8 Å². The minimum absolute atomic E-state index is 0.0492. The van der Waals surface area contributed by atoms with Crippen molar-refractivity contribution in [1.29, 1.82) is 0 Å². The molecule has 0 spiro atoms. The number of carbonyl (C=O) groups excluding carboxylic acids is 1. The molecule has 0 aliphatic heterocycles. The summed E-state index contributed by atoms with van der Waals surface area (Å²) in [5, 5.41) is 15.4. The molecule has 2 saturated carbocycles. The molecule has 6 rings (SSSR count). The van der Waals surface area contributed by atoms with Crippen LogP contribution in [-0.4, -0.2) is 34.8 Å². The predicted molar refractivity (Wildman–Crippen MR) is 151 cm³/mol. The van der Waals surface area contributed by atoms with Gasteiger partial charge in [-0.25, -0.2) is 0 Å². The first kappa shape index (κ1) is 29.7. The maximum absolute atomic E-state index is 15.2. The number of hydrogen-bond donors (Lipinski definition) is 1. The second-order valence-corrected chi connectivity index (χ2v) is 12.6. The predicted octanol–water partition coefficient (Wildman–Crippen LogP) is 8.07. The molecule has 2 aromatic carbocycles. The molecule has 228 valence electrons. The van der Waals surface area contributed by atoms with E-state index in [2.05, 4.69) is 5.16 Å². The number of carbonyl (C=O) groups is 1. The maximum atomic E-state index is 15.2. The smallest absolute Gasteiger partial charge is 0.391 e. The van der Waals surface area contributed by atoms with Gasteiger partial charge in [-0.3, -0.25) is 4.79 Å². The monoisotopic (exact) mass is 599 g/mol. The number of benzene rings is 2. The molecule has 1 N–H and O–H groups in total. The Labute approximate surface area is 247 Å². The van der Waals surface area contributed by atoms with Crippen molar-refractivity contribution in [2.75, 3.05) is 0 Å². The maximum Gasteiger partial charge on any atom is 0.456 e. The number of hydrogen-bond acceptors (Lipinski definition) is 4. The molecular weight excluding hydrogens is 565 g/mol. The van der Waals surface area contributed by atoms with Gasteiger partial charge in [0.25, 0.3) is 0 Å². The van der Waals surface area contributed by atoms with Crippen molar-refractivity contribution in [3.8, 4) is 0 Å². The van der Waals surface area contributed by atoms with Gasteiger partial charge in [-0.1, -0.05) is 72.2 Å². The van der Waals surface area contributed by atoms with Gasteiger partial charge in [-0.05, 0) is 84.3 Å². The minimum atomic E-state index is -5.87. The number of oxime groups is 1. The molecule has 4 aliphatic carbocycles. The van der Waals surface area contributed by atoms with Crippen LogP contribution in [-0.2, 0) is 16.2 Å². The third-order valence-corrected chi connectivity index (χ3v) is 10.5. The van der Waals surface area contributed by atoms with Crippen LogP contribution in [0.15, 0.2) is 82.5 Å². The van der Waals surface area contributed by atoms with Crippen LogP contribution in [0, 0.1) is 17.3 Å². The van der Waals surface area contributed by atoms with Gasteiger partial charge in [-0.2, -0.15) is 22.0 Å². The summed E-state index contributed by atoms with van der Waals surface area (Å²) < 4.78 is 71.6. The molecule has 2 aromatic rings. The summed E-state index contributed by atoms with van der Waals surface area (Å²) in [7, 11) is 0. The van der Waals surface area contributed by atoms with E-state index in [1.807, 2.05) is 54.6 Å². The molecule has 9 heteroatoms. The van der Waals surface area contributed by atoms with Gasteiger partial charge < -0.3 is 9.94 Å². The number of alkyl halides is 5. The summed E-state index contributed by atoms with van der Waals surface area (Å²) in [5.41, 5.74) is 0.610. The molecule has 4 nitrogen and oxygen atoms in total. The van der Waals surface area contributed by atoms with E-state index >= 15 is 8.78 Å². The van der Waals surface area contributed by atoms with E-state index in [4.69, 9.17) is 4.84 Å². The lowest BCUT2D eigenvalue weighted by molar-refractivity contribution is -0.362. The highest BCUT2D eigenvalue weighted by atomic mass is 19.4. The van der Waals surface area contributed by atoms with E-state index in [9.17, 15) is 23.1 Å². The Bertz CT molecular complexity index is 1480. The molecule has 0 heterocycles. The third kappa shape index (κ3) is 4.84. The summed E-state index contributed by atoms with van der Waals surface area (Å²) in [5.74, 6) is -6.47. The number of halogens is 5. The Morgan fingerprint density at radius 2 is 1.72 bits per heavy atom. The van der Waals surface area contributed by atoms with Crippen LogP contribution in [0.2, 0.25) is 0 Å². The molecule has 43 heavy (non-hydrogen) atoms. The van der Waals surface area contributed by atoms with E-state index in [0.29, 0.717) is 32.3 Å². The van der Waals surface area contributed by atoms with Gasteiger partial charge in [0.05, 0.1) is 6.21 Å². The van der Waals surface area contributed by atoms with Crippen molar-refractivity contribution in [3.63, 3.8) is 0 Å². The number of nitrogens with zero attached hydrogens (tertiary/aromatic N) is 1. The molecule has 0 bridgehead atoms. The molecule has 0 amide bonds. The first-order valence-corrected chi connectivity index (χ1v) is 14.8. The lowest BCUT2D eigenvalue weighted by Crippen LogP contribution is -2.65. The average molecular weight is 600 g/mol. The molecule has 4 aliphatic rings. The molecule has 0 saturated heterocycles. The third-order valence-electron chi connectivity index (χ3n) is 10.5. The zero-order chi connectivity index (χ0) is 30.6. The van der Waals surface area contributed by atoms with Gasteiger partial charge in [0.15, 0.2) is 5.78 Å². The fourth-order valence-electron chi connectivity index (χ4n) is 8.31. The molecule has 5 atom stereocenters. The van der Waals surface area contributed by atoms with Crippen molar-refractivity contribution < 1.29 is 36.7 Å². The number of rotatable bonds is 6. The second-order valence-electron chi connectivity index (χ2n) is 12.6. The number of fused-ring (bicyclic) bond motifs is 4. The summed E-state index contributed by atoms with van der Waals surface area (Å²) in [4.78, 5) is 17.6. The van der Waals surface area contributed by atoms with Crippen molar-refractivity contribution in [1.82, 2.24) is 0 Å². The standard InChI is InChI=1S/C34H34F5NO3/c1-31-18-28(23-9-7-21(8-10-23)19-40-43-20-22-5-3-2-4-6-22)30-26-14-12-25(41)17-24(26)11-13-27(30)29(31)15-16-32(31,42)33(35,36)34(37,38)39/h2-10,17,19,27-29,42H,11-16,18,20H2,1H3/t27-,28?,29-,31-,32-/m0/s1. The van der Waals surface area contributed by atoms with Crippen LogP contribution in [0.3, 0.4) is 0 Å². The lowest BCUT2D eigenvalue weighted by Gasteiger charge is -2.56. The minimum Gasteiger partial charge on any atom is -0.391 e. The van der Waals surface area contributed by atoms with Crippen molar-refractivity contribution >= 4 is 12.0 Å². The van der Waals surface area contributed by atoms with Crippen LogP contribution < -0.4 is 0 Å². The summed E-state index contributed by atoms with van der Waals surface area (Å²) in [6.45, 7) is 1.74. The zero-order valence-corrected chi connectivity index (χ0v) is 23.8. The van der Waals surface area contributed by atoms with E-state index < -0.39 is 41.4 Å². The first-order chi connectivity index (χ1) is 20.4. The van der Waals surface area contributed by atoms with Crippen molar-refractivity contribution in [2.24, 2.45) is 22.4 Å². The highest BCUT2D eigenvalue weighted by Crippen LogP contribution is 2.70. The largest absolute Gasteiger partial charge is 0.456 e. The number of ketones is 1. The molecule has 1 unspecified atom stereocenters. The fraction of sp³-hybridized carbons (Fsp3) is 0.471. The van der Waals surface area contributed by atoms with Crippen molar-refractivity contribution in [2.45, 2.75) is 82.1 Å². The average Bonchev–Trinajstić information content (AvgIpc) is 3.26.